The zero-order valence-corrected chi connectivity index (χ0v) is 11.8. The van der Waals surface area contributed by atoms with E-state index in [9.17, 15) is 8.42 Å². The second kappa shape index (κ2) is 6.67. The van der Waals surface area contributed by atoms with Crippen LogP contribution in [0.1, 0.15) is 19.8 Å². The maximum atomic E-state index is 11.1. The molecule has 0 fully saturated rings. The first-order valence-electron chi connectivity index (χ1n) is 5.61. The molecule has 100 valence electrons. The fourth-order valence-electron chi connectivity index (χ4n) is 1.28. The molecule has 7 heteroatoms. The summed E-state index contributed by atoms with van der Waals surface area (Å²) in [6.45, 7) is 2.92. The maximum Gasteiger partial charge on any atom is 0.238 e. The highest BCUT2D eigenvalue weighted by molar-refractivity contribution is 7.89. The minimum absolute atomic E-state index is 0.0814. The van der Waals surface area contributed by atoms with E-state index in [-0.39, 0.29) is 4.90 Å². The predicted octanol–water partition coefficient (Wildman–Crippen LogP) is 1.42. The number of sulfonamides is 1. The minimum atomic E-state index is -3.64. The summed E-state index contributed by atoms with van der Waals surface area (Å²) < 4.78 is 22.1. The molecule has 0 aliphatic carbocycles. The Labute approximate surface area is 113 Å². The minimum Gasteiger partial charge on any atom is -0.362 e. The Kier molecular flexibility index (Phi) is 5.52. The molecule has 0 aliphatic heterocycles. The van der Waals surface area contributed by atoms with Gasteiger partial charge in [-0.25, -0.2) is 13.6 Å². The molecular weight excluding hydrogens is 270 g/mol. The summed E-state index contributed by atoms with van der Waals surface area (Å²) in [7, 11) is -3.64. The molecule has 0 radical (unpaired) electrons. The van der Waals surface area contributed by atoms with Gasteiger partial charge in [0, 0.05) is 12.2 Å². The first kappa shape index (κ1) is 14.9. The molecule has 1 aromatic rings. The largest absolute Gasteiger partial charge is 0.362 e. The first-order valence-corrected chi connectivity index (χ1v) is 7.56. The van der Waals surface area contributed by atoms with Crippen LogP contribution in [0.5, 0.6) is 0 Å². The molecule has 0 unspecified atom stereocenters. The smallest absolute Gasteiger partial charge is 0.238 e. The molecule has 0 aliphatic rings. The van der Waals surface area contributed by atoms with Crippen molar-refractivity contribution in [1.82, 2.24) is 5.32 Å². The quantitative estimate of drug-likeness (QED) is 0.563. The second-order valence-corrected chi connectivity index (χ2v) is 5.77. The van der Waals surface area contributed by atoms with Crippen LogP contribution in [0.4, 0.5) is 5.69 Å². The third kappa shape index (κ3) is 4.99. The fourth-order valence-corrected chi connectivity index (χ4v) is 2.02. The Bertz CT molecular complexity index is 498. The van der Waals surface area contributed by atoms with Gasteiger partial charge in [-0.3, -0.25) is 0 Å². The lowest BCUT2D eigenvalue weighted by atomic mass is 10.3. The predicted molar refractivity (Wildman–Crippen MR) is 76.9 cm³/mol. The van der Waals surface area contributed by atoms with Crippen LogP contribution in [-0.2, 0) is 10.0 Å². The molecule has 0 saturated carbocycles. The van der Waals surface area contributed by atoms with E-state index in [1.165, 1.54) is 12.1 Å². The summed E-state index contributed by atoms with van der Waals surface area (Å²) in [6.07, 6.45) is 2.14. The van der Waals surface area contributed by atoms with E-state index in [4.69, 9.17) is 17.4 Å². The molecule has 18 heavy (non-hydrogen) atoms. The molecule has 0 saturated heterocycles. The number of unbranched alkanes of at least 4 members (excludes halogenated alkanes) is 1. The number of primary sulfonamides is 1. The lowest BCUT2D eigenvalue weighted by Gasteiger charge is -2.10. The van der Waals surface area contributed by atoms with Crippen LogP contribution in [-0.4, -0.2) is 20.1 Å². The molecule has 4 N–H and O–H groups in total. The standard InChI is InChI=1S/C11H17N3O2S2/c1-2-3-8-13-11(17)14-9-4-6-10(7-5-9)18(12,15)16/h4-7H,2-3,8H2,1H3,(H2,12,15,16)(H2,13,14,17). The Hall–Kier alpha value is -1.18. The van der Waals surface area contributed by atoms with Crippen molar-refractivity contribution in [3.05, 3.63) is 24.3 Å². The van der Waals surface area contributed by atoms with Crippen molar-refractivity contribution >= 4 is 33.0 Å². The van der Waals surface area contributed by atoms with Crippen LogP contribution in [0.2, 0.25) is 0 Å². The molecule has 0 spiro atoms. The van der Waals surface area contributed by atoms with E-state index in [2.05, 4.69) is 17.6 Å². The van der Waals surface area contributed by atoms with Gasteiger partial charge in [-0.2, -0.15) is 0 Å². The molecule has 0 atom stereocenters. The first-order chi connectivity index (χ1) is 8.43. The van der Waals surface area contributed by atoms with Gasteiger partial charge in [-0.1, -0.05) is 13.3 Å². The third-order valence-corrected chi connectivity index (χ3v) is 3.43. The normalized spacial score (nSPS) is 11.0. The number of rotatable bonds is 5. The van der Waals surface area contributed by atoms with Crippen molar-refractivity contribution in [2.24, 2.45) is 5.14 Å². The number of anilines is 1. The van der Waals surface area contributed by atoms with Gasteiger partial charge in [0.2, 0.25) is 10.0 Å². The van der Waals surface area contributed by atoms with Gasteiger partial charge >= 0.3 is 0 Å². The van der Waals surface area contributed by atoms with Gasteiger partial charge in [0.1, 0.15) is 0 Å². The highest BCUT2D eigenvalue weighted by atomic mass is 32.2. The summed E-state index contributed by atoms with van der Waals surface area (Å²) >= 11 is 5.09. The van der Waals surface area contributed by atoms with Crippen molar-refractivity contribution in [2.45, 2.75) is 24.7 Å². The third-order valence-electron chi connectivity index (χ3n) is 2.26. The van der Waals surface area contributed by atoms with Crippen molar-refractivity contribution in [2.75, 3.05) is 11.9 Å². The van der Waals surface area contributed by atoms with Gasteiger partial charge in [-0.05, 0) is 42.9 Å². The molecule has 0 amide bonds. The van der Waals surface area contributed by atoms with Crippen LogP contribution >= 0.6 is 12.2 Å². The molecule has 0 heterocycles. The second-order valence-electron chi connectivity index (χ2n) is 3.80. The molecule has 5 nitrogen and oxygen atoms in total. The van der Waals surface area contributed by atoms with Gasteiger partial charge in [-0.15, -0.1) is 0 Å². The molecule has 1 aromatic carbocycles. The van der Waals surface area contributed by atoms with Crippen LogP contribution < -0.4 is 15.8 Å². The Morgan fingerprint density at radius 3 is 2.44 bits per heavy atom. The van der Waals surface area contributed by atoms with Crippen LogP contribution in [0.3, 0.4) is 0 Å². The zero-order chi connectivity index (χ0) is 13.6. The van der Waals surface area contributed by atoms with Gasteiger partial charge < -0.3 is 10.6 Å². The van der Waals surface area contributed by atoms with E-state index in [0.717, 1.165) is 25.1 Å². The average molecular weight is 287 g/mol. The van der Waals surface area contributed by atoms with Crippen molar-refractivity contribution < 1.29 is 8.42 Å². The Morgan fingerprint density at radius 2 is 1.94 bits per heavy atom. The van der Waals surface area contributed by atoms with Crippen molar-refractivity contribution in [3.63, 3.8) is 0 Å². The summed E-state index contributed by atoms with van der Waals surface area (Å²) in [4.78, 5) is 0.0814. The summed E-state index contributed by atoms with van der Waals surface area (Å²) in [6, 6.07) is 6.11. The van der Waals surface area contributed by atoms with Crippen molar-refractivity contribution in [3.8, 4) is 0 Å². The van der Waals surface area contributed by atoms with Crippen LogP contribution in [0.15, 0.2) is 29.2 Å². The fraction of sp³-hybridized carbons (Fsp3) is 0.364. The van der Waals surface area contributed by atoms with Crippen LogP contribution in [0, 0.1) is 0 Å². The lowest BCUT2D eigenvalue weighted by molar-refractivity contribution is 0.598. The molecule has 0 bridgehead atoms. The summed E-state index contributed by atoms with van der Waals surface area (Å²) in [5, 5.41) is 11.5. The number of hydrogen-bond donors (Lipinski definition) is 3. The number of nitrogens with two attached hydrogens (primary N) is 1. The number of nitrogens with one attached hydrogen (secondary N) is 2. The molecule has 0 aromatic heterocycles. The van der Waals surface area contributed by atoms with Gasteiger partial charge in [0.15, 0.2) is 5.11 Å². The average Bonchev–Trinajstić information content (AvgIpc) is 2.29. The monoisotopic (exact) mass is 287 g/mol. The highest BCUT2D eigenvalue weighted by Gasteiger charge is 2.06. The Balaban J connectivity index is 2.56. The Morgan fingerprint density at radius 1 is 1.33 bits per heavy atom. The zero-order valence-electron chi connectivity index (χ0n) is 10.1. The van der Waals surface area contributed by atoms with E-state index in [1.54, 1.807) is 12.1 Å². The summed E-state index contributed by atoms with van der Waals surface area (Å²) in [5.74, 6) is 0. The molecule has 1 rings (SSSR count). The topological polar surface area (TPSA) is 84.2 Å². The van der Waals surface area contributed by atoms with E-state index in [1.807, 2.05) is 0 Å². The molecular formula is C11H17N3O2S2. The maximum absolute atomic E-state index is 11.1. The van der Waals surface area contributed by atoms with Crippen molar-refractivity contribution in [1.29, 1.82) is 0 Å². The summed E-state index contributed by atoms with van der Waals surface area (Å²) in [5.41, 5.74) is 0.719. The van der Waals surface area contributed by atoms with Crippen LogP contribution in [0.25, 0.3) is 0 Å². The van der Waals surface area contributed by atoms with Gasteiger partial charge in [0.05, 0.1) is 4.90 Å². The number of thiocarbonyl (C=S) groups is 1. The highest BCUT2D eigenvalue weighted by Crippen LogP contribution is 2.12. The lowest BCUT2D eigenvalue weighted by Crippen LogP contribution is -2.29. The van der Waals surface area contributed by atoms with E-state index >= 15 is 0 Å². The van der Waals surface area contributed by atoms with E-state index < -0.39 is 10.0 Å². The SMILES string of the molecule is CCCCNC(=S)Nc1ccc(S(N)(=O)=O)cc1. The number of benzene rings is 1. The van der Waals surface area contributed by atoms with E-state index in [0.29, 0.717) is 5.11 Å². The number of hydrogen-bond acceptors (Lipinski definition) is 3. The van der Waals surface area contributed by atoms with Gasteiger partial charge in [0.25, 0.3) is 0 Å².